The molecule has 70 valence electrons. The summed E-state index contributed by atoms with van der Waals surface area (Å²) in [5, 5.41) is 2.58. The Morgan fingerprint density at radius 1 is 1.50 bits per heavy atom. The van der Waals surface area contributed by atoms with Crippen LogP contribution in [0.1, 0.15) is 12.8 Å². The molecule has 0 heterocycles. The fourth-order valence-corrected chi connectivity index (χ4v) is 1.32. The number of sulfone groups is 1. The van der Waals surface area contributed by atoms with Crippen LogP contribution >= 0.6 is 0 Å². The first-order valence-electron chi connectivity index (χ1n) is 3.94. The highest BCUT2D eigenvalue weighted by Crippen LogP contribution is 2.28. The van der Waals surface area contributed by atoms with Crippen LogP contribution in [0.4, 0.5) is 0 Å². The molecular formula is C7H13NO3S. The summed E-state index contributed by atoms with van der Waals surface area (Å²) in [6.07, 6.45) is 3.06. The largest absolute Gasteiger partial charge is 0.355 e. The molecule has 0 radical (unpaired) electrons. The second-order valence-corrected chi connectivity index (χ2v) is 5.45. The number of carbonyl (C=O) groups excluding carboxylic acids is 1. The van der Waals surface area contributed by atoms with E-state index in [1.165, 1.54) is 0 Å². The van der Waals surface area contributed by atoms with Gasteiger partial charge >= 0.3 is 0 Å². The van der Waals surface area contributed by atoms with Gasteiger partial charge in [-0.2, -0.15) is 0 Å². The van der Waals surface area contributed by atoms with Crippen LogP contribution in [0.5, 0.6) is 0 Å². The van der Waals surface area contributed by atoms with Crippen molar-refractivity contribution in [2.45, 2.75) is 12.8 Å². The molecule has 1 N–H and O–H groups in total. The highest BCUT2D eigenvalue weighted by molar-refractivity contribution is 7.90. The quantitative estimate of drug-likeness (QED) is 0.655. The van der Waals surface area contributed by atoms with Crippen molar-refractivity contribution in [2.75, 3.05) is 18.6 Å². The molecule has 1 aliphatic carbocycles. The molecule has 0 aromatic heterocycles. The zero-order valence-electron chi connectivity index (χ0n) is 7.04. The van der Waals surface area contributed by atoms with Gasteiger partial charge in [0.2, 0.25) is 5.91 Å². The fraction of sp³-hybridized carbons (Fsp3) is 0.857. The standard InChI is InChI=1S/C7H13NO3S/c1-12(10,11)5-4-8-7(9)6-2-3-6/h6H,2-5H2,1H3,(H,8,9). The smallest absolute Gasteiger partial charge is 0.223 e. The SMILES string of the molecule is CS(=O)(=O)CCNC(=O)C1CC1. The number of carbonyl (C=O) groups is 1. The summed E-state index contributed by atoms with van der Waals surface area (Å²) in [7, 11) is -2.94. The van der Waals surface area contributed by atoms with E-state index in [0.29, 0.717) is 0 Å². The summed E-state index contributed by atoms with van der Waals surface area (Å²) in [6, 6.07) is 0. The van der Waals surface area contributed by atoms with E-state index in [0.717, 1.165) is 19.1 Å². The second-order valence-electron chi connectivity index (χ2n) is 3.20. The van der Waals surface area contributed by atoms with Crippen LogP contribution in [-0.2, 0) is 14.6 Å². The first kappa shape index (κ1) is 9.51. The van der Waals surface area contributed by atoms with Gasteiger partial charge in [-0.25, -0.2) is 8.42 Å². The minimum Gasteiger partial charge on any atom is -0.355 e. The number of hydrogen-bond acceptors (Lipinski definition) is 3. The molecule has 1 aliphatic rings. The predicted molar refractivity (Wildman–Crippen MR) is 45.4 cm³/mol. The van der Waals surface area contributed by atoms with E-state index in [1.807, 2.05) is 0 Å². The van der Waals surface area contributed by atoms with Crippen molar-refractivity contribution >= 4 is 15.7 Å². The molecule has 4 nitrogen and oxygen atoms in total. The van der Waals surface area contributed by atoms with Gasteiger partial charge in [-0.05, 0) is 12.8 Å². The highest BCUT2D eigenvalue weighted by atomic mass is 32.2. The molecule has 0 aliphatic heterocycles. The van der Waals surface area contributed by atoms with Crippen LogP contribution in [-0.4, -0.2) is 32.9 Å². The van der Waals surface area contributed by atoms with Gasteiger partial charge < -0.3 is 5.32 Å². The van der Waals surface area contributed by atoms with E-state index in [4.69, 9.17) is 0 Å². The Morgan fingerprint density at radius 2 is 2.08 bits per heavy atom. The Hall–Kier alpha value is -0.580. The van der Waals surface area contributed by atoms with Crippen LogP contribution in [0.15, 0.2) is 0 Å². The summed E-state index contributed by atoms with van der Waals surface area (Å²) < 4.78 is 21.3. The van der Waals surface area contributed by atoms with E-state index in [9.17, 15) is 13.2 Å². The molecule has 1 rings (SSSR count). The highest BCUT2D eigenvalue weighted by Gasteiger charge is 2.29. The zero-order valence-corrected chi connectivity index (χ0v) is 7.86. The lowest BCUT2D eigenvalue weighted by Gasteiger charge is -2.01. The van der Waals surface area contributed by atoms with E-state index in [1.54, 1.807) is 0 Å². The van der Waals surface area contributed by atoms with Crippen LogP contribution in [0.2, 0.25) is 0 Å². The summed E-state index contributed by atoms with van der Waals surface area (Å²) in [4.78, 5) is 11.0. The van der Waals surface area contributed by atoms with Crippen LogP contribution in [0, 0.1) is 5.92 Å². The first-order chi connectivity index (χ1) is 5.49. The van der Waals surface area contributed by atoms with Crippen molar-refractivity contribution in [1.82, 2.24) is 5.32 Å². The predicted octanol–water partition coefficient (Wildman–Crippen LogP) is -0.443. The van der Waals surface area contributed by atoms with Crippen molar-refractivity contribution in [3.05, 3.63) is 0 Å². The Bertz CT molecular complexity index is 266. The molecule has 0 aromatic carbocycles. The normalized spacial score (nSPS) is 17.4. The van der Waals surface area contributed by atoms with Crippen molar-refractivity contribution in [2.24, 2.45) is 5.92 Å². The van der Waals surface area contributed by atoms with Gasteiger partial charge in [-0.1, -0.05) is 0 Å². The van der Waals surface area contributed by atoms with Crippen molar-refractivity contribution in [3.63, 3.8) is 0 Å². The maximum absolute atomic E-state index is 11.0. The molecule has 0 atom stereocenters. The average molecular weight is 191 g/mol. The molecule has 0 aromatic rings. The monoisotopic (exact) mass is 191 g/mol. The molecular weight excluding hydrogens is 178 g/mol. The topological polar surface area (TPSA) is 63.2 Å². The Morgan fingerprint density at radius 3 is 2.50 bits per heavy atom. The third-order valence-corrected chi connectivity index (χ3v) is 2.67. The first-order valence-corrected chi connectivity index (χ1v) is 6.00. The summed E-state index contributed by atoms with van der Waals surface area (Å²) in [6.45, 7) is 0.244. The van der Waals surface area contributed by atoms with Crippen molar-refractivity contribution in [1.29, 1.82) is 0 Å². The molecule has 0 saturated heterocycles. The van der Waals surface area contributed by atoms with Gasteiger partial charge in [-0.15, -0.1) is 0 Å². The van der Waals surface area contributed by atoms with Gasteiger partial charge in [-0.3, -0.25) is 4.79 Å². The van der Waals surface area contributed by atoms with Gasteiger partial charge in [0.05, 0.1) is 5.75 Å². The average Bonchev–Trinajstić information content (AvgIpc) is 2.64. The zero-order chi connectivity index (χ0) is 9.19. The van der Waals surface area contributed by atoms with Gasteiger partial charge in [0.25, 0.3) is 0 Å². The van der Waals surface area contributed by atoms with Gasteiger partial charge in [0.15, 0.2) is 0 Å². The lowest BCUT2D eigenvalue weighted by atomic mass is 10.4. The molecule has 1 saturated carbocycles. The number of amides is 1. The van der Waals surface area contributed by atoms with E-state index >= 15 is 0 Å². The van der Waals surface area contributed by atoms with Crippen molar-refractivity contribution < 1.29 is 13.2 Å². The minimum absolute atomic E-state index is 0.00125. The molecule has 0 unspecified atom stereocenters. The molecule has 0 spiro atoms. The van der Waals surface area contributed by atoms with E-state index < -0.39 is 9.84 Å². The Labute approximate surface area is 72.3 Å². The van der Waals surface area contributed by atoms with E-state index in [2.05, 4.69) is 5.32 Å². The van der Waals surface area contributed by atoms with Crippen LogP contribution < -0.4 is 5.32 Å². The van der Waals surface area contributed by atoms with Crippen LogP contribution in [0.3, 0.4) is 0 Å². The fourth-order valence-electron chi connectivity index (χ4n) is 0.849. The molecule has 1 fully saturated rings. The third-order valence-electron chi connectivity index (χ3n) is 1.72. The Balaban J connectivity index is 2.13. The number of nitrogens with one attached hydrogen (secondary N) is 1. The number of hydrogen-bond donors (Lipinski definition) is 1. The molecule has 12 heavy (non-hydrogen) atoms. The molecule has 1 amide bonds. The molecule has 0 bridgehead atoms. The van der Waals surface area contributed by atoms with Gasteiger partial charge in [0, 0.05) is 18.7 Å². The maximum Gasteiger partial charge on any atom is 0.223 e. The second kappa shape index (κ2) is 3.43. The summed E-state index contributed by atoms with van der Waals surface area (Å²) in [5.74, 6) is 0.189. The third kappa shape index (κ3) is 3.71. The van der Waals surface area contributed by atoms with E-state index in [-0.39, 0.29) is 24.1 Å². The molecule has 5 heteroatoms. The lowest BCUT2D eigenvalue weighted by Crippen LogP contribution is -2.29. The maximum atomic E-state index is 11.0. The number of rotatable bonds is 4. The lowest BCUT2D eigenvalue weighted by molar-refractivity contribution is -0.122. The summed E-state index contributed by atoms with van der Waals surface area (Å²) >= 11 is 0. The summed E-state index contributed by atoms with van der Waals surface area (Å²) in [5.41, 5.74) is 0. The minimum atomic E-state index is -2.94. The van der Waals surface area contributed by atoms with Gasteiger partial charge in [0.1, 0.15) is 9.84 Å². The Kier molecular flexibility index (Phi) is 2.72. The van der Waals surface area contributed by atoms with Crippen molar-refractivity contribution in [3.8, 4) is 0 Å². The van der Waals surface area contributed by atoms with Crippen LogP contribution in [0.25, 0.3) is 0 Å².